The van der Waals surface area contributed by atoms with E-state index in [1.165, 1.54) is 4.31 Å². The van der Waals surface area contributed by atoms with E-state index >= 15 is 0 Å². The smallest absolute Gasteiger partial charge is 0.306 e. The van der Waals surface area contributed by atoms with Crippen molar-refractivity contribution in [3.05, 3.63) is 29.6 Å². The Morgan fingerprint density at radius 3 is 2.67 bits per heavy atom. The number of carboxylic acids is 1. The van der Waals surface area contributed by atoms with E-state index in [4.69, 9.17) is 5.11 Å². The van der Waals surface area contributed by atoms with Crippen LogP contribution in [0, 0.1) is 12.8 Å². The average Bonchev–Trinajstić information content (AvgIpc) is 2.45. The summed E-state index contributed by atoms with van der Waals surface area (Å²) in [5.74, 6) is -1.31. The van der Waals surface area contributed by atoms with Crippen LogP contribution in [0.15, 0.2) is 18.2 Å². The Balaban J connectivity index is 1.92. The Kier molecular flexibility index (Phi) is 4.92. The Hall–Kier alpha value is -1.51. The summed E-state index contributed by atoms with van der Waals surface area (Å²) in [7, 11) is -3.59. The molecule has 0 unspecified atom stereocenters. The highest BCUT2D eigenvalue weighted by Gasteiger charge is 2.30. The van der Waals surface area contributed by atoms with Crippen molar-refractivity contribution < 1.29 is 18.3 Å². The molecule has 1 aliphatic heterocycles. The molecule has 0 bridgehead atoms. The van der Waals surface area contributed by atoms with Gasteiger partial charge in [0.15, 0.2) is 0 Å². The summed E-state index contributed by atoms with van der Waals surface area (Å²) >= 11 is 0. The number of piperidine rings is 1. The zero-order valence-electron chi connectivity index (χ0n) is 11.8. The van der Waals surface area contributed by atoms with Crippen LogP contribution >= 0.6 is 0 Å². The van der Waals surface area contributed by atoms with Gasteiger partial charge in [0.25, 0.3) is 10.2 Å². The van der Waals surface area contributed by atoms with E-state index in [1.54, 1.807) is 6.07 Å². The van der Waals surface area contributed by atoms with Gasteiger partial charge in [-0.1, -0.05) is 6.07 Å². The van der Waals surface area contributed by atoms with Gasteiger partial charge in [-0.15, -0.1) is 0 Å². The van der Waals surface area contributed by atoms with Gasteiger partial charge < -0.3 is 5.11 Å². The van der Waals surface area contributed by atoms with E-state index in [0.717, 1.165) is 5.69 Å². The molecule has 2 N–H and O–H groups in total. The van der Waals surface area contributed by atoms with Gasteiger partial charge in [-0.2, -0.15) is 17.4 Å². The van der Waals surface area contributed by atoms with Crippen LogP contribution in [0.2, 0.25) is 0 Å². The molecule has 1 aliphatic rings. The van der Waals surface area contributed by atoms with Crippen molar-refractivity contribution in [2.45, 2.75) is 26.3 Å². The molecule has 1 fully saturated rings. The lowest BCUT2D eigenvalue weighted by Crippen LogP contribution is -2.45. The quantitative estimate of drug-likeness (QED) is 0.825. The van der Waals surface area contributed by atoms with Crippen LogP contribution in [-0.4, -0.2) is 41.9 Å². The lowest BCUT2D eigenvalue weighted by Gasteiger charge is -2.29. The lowest BCUT2D eigenvalue weighted by molar-refractivity contribution is -0.142. The zero-order valence-corrected chi connectivity index (χ0v) is 12.6. The molecule has 2 rings (SSSR count). The van der Waals surface area contributed by atoms with E-state index in [-0.39, 0.29) is 19.6 Å². The number of hydrogen-bond acceptors (Lipinski definition) is 4. The number of aliphatic carboxylic acids is 1. The van der Waals surface area contributed by atoms with E-state index in [0.29, 0.717) is 18.5 Å². The first-order valence-electron chi connectivity index (χ1n) is 6.78. The topological polar surface area (TPSA) is 99.6 Å². The fourth-order valence-electron chi connectivity index (χ4n) is 2.30. The molecule has 21 heavy (non-hydrogen) atoms. The minimum absolute atomic E-state index is 0.128. The van der Waals surface area contributed by atoms with E-state index in [9.17, 15) is 13.2 Å². The summed E-state index contributed by atoms with van der Waals surface area (Å²) in [6.07, 6.45) is 0.692. The molecule has 0 amide bonds. The van der Waals surface area contributed by atoms with E-state index < -0.39 is 22.1 Å². The summed E-state index contributed by atoms with van der Waals surface area (Å²) in [6.45, 7) is 2.43. The second-order valence-electron chi connectivity index (χ2n) is 5.11. The fraction of sp³-hybridized carbons (Fsp3) is 0.538. The van der Waals surface area contributed by atoms with Gasteiger partial charge in [0.1, 0.15) is 0 Å². The van der Waals surface area contributed by atoms with Crippen molar-refractivity contribution in [3.8, 4) is 0 Å². The summed E-state index contributed by atoms with van der Waals surface area (Å²) in [6, 6.07) is 5.42. The first kappa shape index (κ1) is 15.9. The molecule has 0 aliphatic carbocycles. The number of aryl methyl sites for hydroxylation is 1. The maximum atomic E-state index is 12.2. The minimum Gasteiger partial charge on any atom is -0.481 e. The molecule has 8 heteroatoms. The Labute approximate surface area is 124 Å². The lowest BCUT2D eigenvalue weighted by atomic mass is 9.99. The van der Waals surface area contributed by atoms with Crippen LogP contribution in [-0.2, 0) is 21.5 Å². The molecular weight excluding hydrogens is 294 g/mol. The molecular formula is C13H19N3O4S. The molecule has 0 aromatic carbocycles. The van der Waals surface area contributed by atoms with Crippen molar-refractivity contribution >= 4 is 16.2 Å². The minimum atomic E-state index is -3.59. The van der Waals surface area contributed by atoms with Crippen LogP contribution in [0.5, 0.6) is 0 Å². The number of carboxylic acid groups (broad SMARTS) is 1. The highest BCUT2D eigenvalue weighted by atomic mass is 32.2. The number of rotatable bonds is 5. The number of hydrogen-bond donors (Lipinski definition) is 2. The average molecular weight is 313 g/mol. The molecule has 1 aromatic rings. The SMILES string of the molecule is Cc1cccc(CNS(=O)(=O)N2CCC(C(=O)O)CC2)n1. The van der Waals surface area contributed by atoms with E-state index in [1.807, 2.05) is 19.1 Å². The highest BCUT2D eigenvalue weighted by molar-refractivity contribution is 7.87. The normalized spacial score (nSPS) is 17.8. The van der Waals surface area contributed by atoms with Gasteiger partial charge in [-0.3, -0.25) is 9.78 Å². The van der Waals surface area contributed by atoms with Crippen LogP contribution in [0.25, 0.3) is 0 Å². The molecule has 0 saturated carbocycles. The van der Waals surface area contributed by atoms with Gasteiger partial charge in [0, 0.05) is 18.8 Å². The first-order valence-corrected chi connectivity index (χ1v) is 8.22. The Morgan fingerprint density at radius 2 is 2.10 bits per heavy atom. The zero-order chi connectivity index (χ0) is 15.5. The third-order valence-electron chi connectivity index (χ3n) is 3.52. The molecule has 0 atom stereocenters. The largest absolute Gasteiger partial charge is 0.481 e. The summed E-state index contributed by atoms with van der Waals surface area (Å²) in [5, 5.41) is 8.91. The number of pyridine rings is 1. The van der Waals surface area contributed by atoms with Crippen LogP contribution in [0.1, 0.15) is 24.2 Å². The van der Waals surface area contributed by atoms with Gasteiger partial charge in [0.05, 0.1) is 18.2 Å². The maximum absolute atomic E-state index is 12.2. The first-order chi connectivity index (χ1) is 9.88. The van der Waals surface area contributed by atoms with Crippen molar-refractivity contribution in [2.24, 2.45) is 5.92 Å². The van der Waals surface area contributed by atoms with E-state index in [2.05, 4.69) is 9.71 Å². The maximum Gasteiger partial charge on any atom is 0.306 e. The number of carbonyl (C=O) groups is 1. The Morgan fingerprint density at radius 1 is 1.43 bits per heavy atom. The standard InChI is InChI=1S/C13H19N3O4S/c1-10-3-2-4-12(15-10)9-14-21(19,20)16-7-5-11(6-8-16)13(17)18/h2-4,11,14H,5-9H2,1H3,(H,17,18). The molecule has 0 radical (unpaired) electrons. The molecule has 2 heterocycles. The van der Waals surface area contributed by atoms with Gasteiger partial charge in [-0.05, 0) is 31.9 Å². The van der Waals surface area contributed by atoms with Gasteiger partial charge in [0.2, 0.25) is 0 Å². The summed E-state index contributed by atoms with van der Waals surface area (Å²) in [5.41, 5.74) is 1.48. The second kappa shape index (κ2) is 6.50. The second-order valence-corrected chi connectivity index (χ2v) is 6.86. The van der Waals surface area contributed by atoms with Gasteiger partial charge in [-0.25, -0.2) is 0 Å². The number of nitrogens with one attached hydrogen (secondary N) is 1. The molecule has 0 spiro atoms. The molecule has 7 nitrogen and oxygen atoms in total. The molecule has 1 aromatic heterocycles. The molecule has 1 saturated heterocycles. The third kappa shape index (κ3) is 4.23. The number of nitrogens with zero attached hydrogens (tertiary/aromatic N) is 2. The van der Waals surface area contributed by atoms with Crippen molar-refractivity contribution in [1.82, 2.24) is 14.0 Å². The van der Waals surface area contributed by atoms with Crippen LogP contribution in [0.3, 0.4) is 0 Å². The van der Waals surface area contributed by atoms with Crippen molar-refractivity contribution in [2.75, 3.05) is 13.1 Å². The number of aromatic nitrogens is 1. The monoisotopic (exact) mass is 313 g/mol. The Bertz CT molecular complexity index is 610. The fourth-order valence-corrected chi connectivity index (χ4v) is 3.50. The predicted molar refractivity (Wildman–Crippen MR) is 76.7 cm³/mol. The van der Waals surface area contributed by atoms with Crippen LogP contribution < -0.4 is 4.72 Å². The van der Waals surface area contributed by atoms with Gasteiger partial charge >= 0.3 is 5.97 Å². The molecule has 116 valence electrons. The third-order valence-corrected chi connectivity index (χ3v) is 5.08. The predicted octanol–water partition coefficient (Wildman–Crippen LogP) is 0.521. The van der Waals surface area contributed by atoms with Crippen LogP contribution in [0.4, 0.5) is 0 Å². The van der Waals surface area contributed by atoms with Crippen molar-refractivity contribution in [3.63, 3.8) is 0 Å². The van der Waals surface area contributed by atoms with Crippen molar-refractivity contribution in [1.29, 1.82) is 0 Å². The summed E-state index contributed by atoms with van der Waals surface area (Å²) < 4.78 is 28.1. The summed E-state index contributed by atoms with van der Waals surface area (Å²) in [4.78, 5) is 15.1. The highest BCUT2D eigenvalue weighted by Crippen LogP contribution is 2.19.